The van der Waals surface area contributed by atoms with E-state index in [9.17, 15) is 4.79 Å². The van der Waals surface area contributed by atoms with Crippen molar-refractivity contribution >= 4 is 21.8 Å². The van der Waals surface area contributed by atoms with Gasteiger partial charge in [-0.2, -0.15) is 0 Å². The molecule has 0 aromatic rings. The molecule has 15 heavy (non-hydrogen) atoms. The molecule has 0 N–H and O–H groups in total. The van der Waals surface area contributed by atoms with Crippen molar-refractivity contribution < 1.29 is 9.53 Å². The second-order valence-corrected chi connectivity index (χ2v) is 5.73. The van der Waals surface area contributed by atoms with Crippen LogP contribution in [0, 0.1) is 5.92 Å². The summed E-state index contributed by atoms with van der Waals surface area (Å²) in [4.78, 5) is 14.4. The van der Waals surface area contributed by atoms with E-state index in [1.807, 2.05) is 4.90 Å². The summed E-state index contributed by atoms with van der Waals surface area (Å²) in [5.74, 6) is 0.644. The lowest BCUT2D eigenvalue weighted by Gasteiger charge is -2.24. The lowest BCUT2D eigenvalue weighted by Crippen LogP contribution is -2.39. The molecule has 1 saturated heterocycles. The Labute approximate surface area is 99.3 Å². The molecule has 1 amide bonds. The van der Waals surface area contributed by atoms with Crippen molar-refractivity contribution in [1.82, 2.24) is 4.90 Å². The van der Waals surface area contributed by atoms with Gasteiger partial charge < -0.3 is 9.64 Å². The number of amides is 1. The zero-order chi connectivity index (χ0) is 10.7. The number of carbonyl (C=O) groups excluding carboxylic acids is 1. The molecule has 3 nitrogen and oxygen atoms in total. The molecule has 1 aliphatic carbocycles. The predicted molar refractivity (Wildman–Crippen MR) is 62.1 cm³/mol. The van der Waals surface area contributed by atoms with Gasteiger partial charge in [-0.3, -0.25) is 4.79 Å². The van der Waals surface area contributed by atoms with Crippen LogP contribution in [0.3, 0.4) is 0 Å². The summed E-state index contributed by atoms with van der Waals surface area (Å²) in [5.41, 5.74) is 0. The predicted octanol–water partition coefficient (Wildman–Crippen LogP) is 1.80. The largest absolute Gasteiger partial charge is 0.378 e. The molecule has 0 aromatic carbocycles. The molecule has 0 radical (unpaired) electrons. The number of ether oxygens (including phenoxy) is 1. The van der Waals surface area contributed by atoms with Gasteiger partial charge in [-0.15, -0.1) is 0 Å². The van der Waals surface area contributed by atoms with Crippen molar-refractivity contribution in [3.05, 3.63) is 0 Å². The van der Waals surface area contributed by atoms with Gasteiger partial charge >= 0.3 is 0 Å². The van der Waals surface area contributed by atoms with Crippen LogP contribution in [0.4, 0.5) is 0 Å². The summed E-state index contributed by atoms with van der Waals surface area (Å²) < 4.78 is 5.41. The average Bonchev–Trinajstić information content (AvgIpc) is 2.67. The van der Waals surface area contributed by atoms with Gasteiger partial charge in [-0.1, -0.05) is 28.8 Å². The molecule has 1 aliphatic heterocycles. The van der Waals surface area contributed by atoms with Crippen molar-refractivity contribution in [2.75, 3.05) is 26.3 Å². The van der Waals surface area contributed by atoms with E-state index in [1.54, 1.807) is 0 Å². The van der Waals surface area contributed by atoms with E-state index in [-0.39, 0.29) is 0 Å². The minimum absolute atomic E-state index is 0.294. The van der Waals surface area contributed by atoms with E-state index in [2.05, 4.69) is 15.9 Å². The molecule has 1 heterocycles. The van der Waals surface area contributed by atoms with Crippen LogP contribution in [0.25, 0.3) is 0 Å². The first-order chi connectivity index (χ1) is 7.27. The van der Waals surface area contributed by atoms with E-state index in [0.29, 0.717) is 29.9 Å². The number of rotatable bonds is 1. The van der Waals surface area contributed by atoms with Crippen LogP contribution in [0.1, 0.15) is 25.7 Å². The zero-order valence-corrected chi connectivity index (χ0v) is 10.5. The number of nitrogens with zero attached hydrogens (tertiary/aromatic N) is 1. The molecule has 2 fully saturated rings. The maximum Gasteiger partial charge on any atom is 0.225 e. The van der Waals surface area contributed by atoms with Crippen LogP contribution in [0.2, 0.25) is 0 Å². The van der Waals surface area contributed by atoms with E-state index < -0.39 is 0 Å². The Morgan fingerprint density at radius 2 is 2.07 bits per heavy atom. The minimum atomic E-state index is 0.294. The lowest BCUT2D eigenvalue weighted by atomic mass is 10.1. The Morgan fingerprint density at radius 3 is 2.80 bits per heavy atom. The average molecular weight is 276 g/mol. The van der Waals surface area contributed by atoms with Crippen LogP contribution >= 0.6 is 15.9 Å². The fraction of sp³-hybridized carbons (Fsp3) is 0.909. The van der Waals surface area contributed by atoms with Crippen molar-refractivity contribution in [2.45, 2.75) is 30.5 Å². The van der Waals surface area contributed by atoms with Crippen molar-refractivity contribution in [2.24, 2.45) is 5.92 Å². The number of carbonyl (C=O) groups is 1. The van der Waals surface area contributed by atoms with E-state index in [1.165, 1.54) is 12.8 Å². The summed E-state index contributed by atoms with van der Waals surface area (Å²) in [5, 5.41) is 0. The number of hydrogen-bond donors (Lipinski definition) is 0. The monoisotopic (exact) mass is 275 g/mol. The summed E-state index contributed by atoms with van der Waals surface area (Å²) in [6.45, 7) is 2.96. The molecule has 0 spiro atoms. The molecule has 0 aromatic heterocycles. The Morgan fingerprint density at radius 1 is 1.33 bits per heavy atom. The van der Waals surface area contributed by atoms with Gasteiger partial charge in [0, 0.05) is 19.0 Å². The van der Waals surface area contributed by atoms with Gasteiger partial charge in [0.2, 0.25) is 5.91 Å². The molecule has 4 heteroatoms. The second kappa shape index (κ2) is 5.30. The van der Waals surface area contributed by atoms with Crippen LogP contribution in [-0.2, 0) is 9.53 Å². The highest BCUT2D eigenvalue weighted by Crippen LogP contribution is 2.27. The van der Waals surface area contributed by atoms with Crippen molar-refractivity contribution in [3.8, 4) is 0 Å². The Balaban J connectivity index is 1.92. The third-order valence-electron chi connectivity index (χ3n) is 3.24. The highest BCUT2D eigenvalue weighted by Gasteiger charge is 2.29. The first-order valence-corrected chi connectivity index (χ1v) is 6.69. The molecule has 1 atom stereocenters. The van der Waals surface area contributed by atoms with Crippen LogP contribution in [0.5, 0.6) is 0 Å². The van der Waals surface area contributed by atoms with Crippen LogP contribution in [-0.4, -0.2) is 41.9 Å². The van der Waals surface area contributed by atoms with E-state index in [4.69, 9.17) is 4.74 Å². The normalized spacial score (nSPS) is 29.1. The highest BCUT2D eigenvalue weighted by molar-refractivity contribution is 9.09. The number of halogens is 1. The third kappa shape index (κ3) is 2.94. The lowest BCUT2D eigenvalue weighted by molar-refractivity contribution is -0.135. The summed E-state index contributed by atoms with van der Waals surface area (Å²) in [7, 11) is 0. The van der Waals surface area contributed by atoms with Crippen LogP contribution < -0.4 is 0 Å². The highest BCUT2D eigenvalue weighted by atomic mass is 79.9. The minimum Gasteiger partial charge on any atom is -0.378 e. The molecule has 1 saturated carbocycles. The SMILES string of the molecule is O=C(C1CCCC1)N1CCOCC(Br)C1. The van der Waals surface area contributed by atoms with Gasteiger partial charge in [0.15, 0.2) is 0 Å². The molecule has 1 unspecified atom stereocenters. The molecular weight excluding hydrogens is 258 g/mol. The van der Waals surface area contributed by atoms with E-state index in [0.717, 1.165) is 25.9 Å². The summed E-state index contributed by atoms with van der Waals surface area (Å²) in [6.07, 6.45) is 4.61. The standard InChI is InChI=1S/C11H18BrNO2/c12-10-7-13(5-6-15-8-10)11(14)9-3-1-2-4-9/h9-10H,1-8H2. The van der Waals surface area contributed by atoms with E-state index >= 15 is 0 Å². The van der Waals surface area contributed by atoms with Gasteiger partial charge in [-0.05, 0) is 12.8 Å². The summed E-state index contributed by atoms with van der Waals surface area (Å²) >= 11 is 3.54. The van der Waals surface area contributed by atoms with Gasteiger partial charge in [0.1, 0.15) is 0 Å². The van der Waals surface area contributed by atoms with Crippen LogP contribution in [0.15, 0.2) is 0 Å². The maximum absolute atomic E-state index is 12.1. The Kier molecular flexibility index (Phi) is 4.03. The maximum atomic E-state index is 12.1. The van der Waals surface area contributed by atoms with Gasteiger partial charge in [0.05, 0.1) is 18.0 Å². The quantitative estimate of drug-likeness (QED) is 0.683. The Bertz CT molecular complexity index is 229. The number of alkyl halides is 1. The molecule has 2 rings (SSSR count). The zero-order valence-electron chi connectivity index (χ0n) is 8.95. The fourth-order valence-corrected chi connectivity index (χ4v) is 2.94. The molecular formula is C11H18BrNO2. The molecule has 86 valence electrons. The molecule has 0 bridgehead atoms. The summed E-state index contributed by atoms with van der Waals surface area (Å²) in [6, 6.07) is 0. The topological polar surface area (TPSA) is 29.5 Å². The third-order valence-corrected chi connectivity index (χ3v) is 3.79. The van der Waals surface area contributed by atoms with Gasteiger partial charge in [-0.25, -0.2) is 0 Å². The van der Waals surface area contributed by atoms with Crippen molar-refractivity contribution in [1.29, 1.82) is 0 Å². The van der Waals surface area contributed by atoms with Gasteiger partial charge in [0.25, 0.3) is 0 Å². The smallest absolute Gasteiger partial charge is 0.225 e. The first kappa shape index (κ1) is 11.4. The number of hydrogen-bond acceptors (Lipinski definition) is 2. The van der Waals surface area contributed by atoms with Crippen molar-refractivity contribution in [3.63, 3.8) is 0 Å². The Hall–Kier alpha value is -0.0900. The molecule has 2 aliphatic rings. The fourth-order valence-electron chi connectivity index (χ4n) is 2.40. The first-order valence-electron chi connectivity index (χ1n) is 5.78. The second-order valence-electron chi connectivity index (χ2n) is 4.44.